The van der Waals surface area contributed by atoms with Crippen LogP contribution in [0.5, 0.6) is 5.75 Å². The van der Waals surface area contributed by atoms with E-state index in [1.807, 2.05) is 31.3 Å². The molecular weight excluding hydrogens is 276 g/mol. The highest BCUT2D eigenvalue weighted by molar-refractivity contribution is 7.91. The maximum atomic E-state index is 11.6. The fraction of sp³-hybridized carbons (Fsp3) is 0.571. The predicted molar refractivity (Wildman–Crippen MR) is 81.3 cm³/mol. The third kappa shape index (κ3) is 4.11. The molecule has 1 aromatic carbocycles. The largest absolute Gasteiger partial charge is 0.497 e. The number of anilines is 1. The Hall–Kier alpha value is -1.27. The van der Waals surface area contributed by atoms with Crippen LogP contribution in [0.2, 0.25) is 0 Å². The van der Waals surface area contributed by atoms with Gasteiger partial charge >= 0.3 is 0 Å². The van der Waals surface area contributed by atoms with E-state index in [1.165, 1.54) is 0 Å². The maximum Gasteiger partial charge on any atom is 0.153 e. The van der Waals surface area contributed by atoms with E-state index in [4.69, 9.17) is 4.74 Å². The van der Waals surface area contributed by atoms with Gasteiger partial charge in [0.05, 0.1) is 18.6 Å². The summed E-state index contributed by atoms with van der Waals surface area (Å²) in [6, 6.07) is 7.92. The second-order valence-electron chi connectivity index (χ2n) is 5.18. The minimum atomic E-state index is -2.86. The Balaban J connectivity index is 1.89. The topological polar surface area (TPSA) is 58.6 Å². The molecule has 1 aliphatic rings. The highest BCUT2D eigenvalue weighted by Gasteiger charge is 2.24. The van der Waals surface area contributed by atoms with Crippen molar-refractivity contribution in [3.05, 3.63) is 24.3 Å². The zero-order chi connectivity index (χ0) is 14.6. The fourth-order valence-corrected chi connectivity index (χ4v) is 3.87. The molecule has 1 unspecified atom stereocenters. The second-order valence-corrected chi connectivity index (χ2v) is 7.41. The molecule has 0 spiro atoms. The Labute approximate surface area is 120 Å². The molecule has 5 nitrogen and oxygen atoms in total. The van der Waals surface area contributed by atoms with Gasteiger partial charge in [0.1, 0.15) is 5.75 Å². The van der Waals surface area contributed by atoms with Gasteiger partial charge in [0.25, 0.3) is 0 Å². The third-order valence-corrected chi connectivity index (χ3v) is 5.34. The van der Waals surface area contributed by atoms with Crippen molar-refractivity contribution < 1.29 is 13.2 Å². The summed E-state index contributed by atoms with van der Waals surface area (Å²) in [5, 5.41) is 3.27. The molecule has 1 saturated heterocycles. The van der Waals surface area contributed by atoms with Crippen LogP contribution in [0.15, 0.2) is 24.3 Å². The van der Waals surface area contributed by atoms with Gasteiger partial charge < -0.3 is 15.0 Å². The highest BCUT2D eigenvalue weighted by atomic mass is 32.2. The van der Waals surface area contributed by atoms with Gasteiger partial charge in [-0.3, -0.25) is 0 Å². The predicted octanol–water partition coefficient (Wildman–Crippen LogP) is 0.908. The Morgan fingerprint density at radius 1 is 1.45 bits per heavy atom. The zero-order valence-electron chi connectivity index (χ0n) is 12.0. The monoisotopic (exact) mass is 298 g/mol. The van der Waals surface area contributed by atoms with Gasteiger partial charge in [-0.25, -0.2) is 8.42 Å². The molecule has 0 bridgehead atoms. The van der Waals surface area contributed by atoms with Crippen LogP contribution in [0.4, 0.5) is 5.69 Å². The molecule has 0 amide bonds. The van der Waals surface area contributed by atoms with Crippen LogP contribution in [-0.4, -0.2) is 53.2 Å². The molecule has 1 aliphatic heterocycles. The molecule has 0 radical (unpaired) electrons. The molecule has 2 rings (SSSR count). The lowest BCUT2D eigenvalue weighted by atomic mass is 10.2. The van der Waals surface area contributed by atoms with E-state index in [1.54, 1.807) is 7.11 Å². The number of hydrogen-bond acceptors (Lipinski definition) is 5. The van der Waals surface area contributed by atoms with Crippen molar-refractivity contribution in [2.75, 3.05) is 43.7 Å². The number of nitrogens with zero attached hydrogens (tertiary/aromatic N) is 1. The summed E-state index contributed by atoms with van der Waals surface area (Å²) in [5.74, 6) is 1.33. The van der Waals surface area contributed by atoms with Gasteiger partial charge in [-0.1, -0.05) is 6.07 Å². The van der Waals surface area contributed by atoms with Gasteiger partial charge in [-0.2, -0.15) is 0 Å². The quantitative estimate of drug-likeness (QED) is 0.875. The van der Waals surface area contributed by atoms with Gasteiger partial charge in [-0.05, 0) is 18.6 Å². The maximum absolute atomic E-state index is 11.6. The van der Waals surface area contributed by atoms with E-state index in [2.05, 4.69) is 10.2 Å². The summed E-state index contributed by atoms with van der Waals surface area (Å²) < 4.78 is 28.4. The second kappa shape index (κ2) is 6.45. The number of sulfone groups is 1. The van der Waals surface area contributed by atoms with Crippen molar-refractivity contribution in [2.45, 2.75) is 12.5 Å². The van der Waals surface area contributed by atoms with Crippen LogP contribution in [0.25, 0.3) is 0 Å². The first-order valence-electron chi connectivity index (χ1n) is 6.79. The third-order valence-electron chi connectivity index (χ3n) is 3.61. The van der Waals surface area contributed by atoms with E-state index in [9.17, 15) is 8.42 Å². The molecule has 112 valence electrons. The Bertz CT molecular complexity index is 545. The molecule has 1 fully saturated rings. The molecule has 1 atom stereocenters. The van der Waals surface area contributed by atoms with Crippen LogP contribution in [-0.2, 0) is 9.84 Å². The molecule has 1 aromatic rings. The normalized spacial score (nSPS) is 21.4. The summed E-state index contributed by atoms with van der Waals surface area (Å²) in [7, 11) is 0.799. The van der Waals surface area contributed by atoms with Crippen molar-refractivity contribution in [1.29, 1.82) is 0 Å². The first kappa shape index (κ1) is 15.1. The van der Waals surface area contributed by atoms with E-state index >= 15 is 0 Å². The van der Waals surface area contributed by atoms with Crippen LogP contribution in [0, 0.1) is 0 Å². The zero-order valence-corrected chi connectivity index (χ0v) is 12.8. The lowest BCUT2D eigenvalue weighted by Gasteiger charge is -2.27. The van der Waals surface area contributed by atoms with Crippen LogP contribution >= 0.6 is 0 Å². The molecule has 1 N–H and O–H groups in total. The molecular formula is C14H22N2O3S. The van der Waals surface area contributed by atoms with Crippen molar-refractivity contribution in [3.63, 3.8) is 0 Å². The molecule has 0 aromatic heterocycles. The van der Waals surface area contributed by atoms with Gasteiger partial charge in [0.2, 0.25) is 0 Å². The van der Waals surface area contributed by atoms with Gasteiger partial charge in [-0.15, -0.1) is 0 Å². The van der Waals surface area contributed by atoms with Crippen molar-refractivity contribution in [1.82, 2.24) is 5.32 Å². The van der Waals surface area contributed by atoms with Crippen LogP contribution < -0.4 is 15.0 Å². The average molecular weight is 298 g/mol. The minimum Gasteiger partial charge on any atom is -0.497 e. The van der Waals surface area contributed by atoms with Crippen molar-refractivity contribution in [3.8, 4) is 5.75 Å². The average Bonchev–Trinajstić information content (AvgIpc) is 2.44. The van der Waals surface area contributed by atoms with Gasteiger partial charge in [0, 0.05) is 37.9 Å². The lowest BCUT2D eigenvalue weighted by molar-refractivity contribution is 0.415. The van der Waals surface area contributed by atoms with Crippen LogP contribution in [0.1, 0.15) is 6.42 Å². The standard InChI is InChI=1S/C14H22N2O3S/c1-16(13-4-3-5-14(10-13)19-2)8-6-12-11-20(17,18)9-7-15-12/h3-5,10,12,15H,6-9,11H2,1-2H3. The molecule has 0 aliphatic carbocycles. The number of methoxy groups -OCH3 is 1. The molecule has 1 heterocycles. The Kier molecular flexibility index (Phi) is 4.88. The molecule has 0 saturated carbocycles. The summed E-state index contributed by atoms with van der Waals surface area (Å²) in [6.45, 7) is 1.37. The summed E-state index contributed by atoms with van der Waals surface area (Å²) in [4.78, 5) is 2.12. The number of benzene rings is 1. The lowest BCUT2D eigenvalue weighted by Crippen LogP contribution is -2.46. The number of hydrogen-bond donors (Lipinski definition) is 1. The first-order valence-corrected chi connectivity index (χ1v) is 8.61. The minimum absolute atomic E-state index is 0.0572. The van der Waals surface area contributed by atoms with Crippen molar-refractivity contribution in [2.24, 2.45) is 0 Å². The first-order chi connectivity index (χ1) is 9.50. The van der Waals surface area contributed by atoms with E-state index < -0.39 is 9.84 Å². The van der Waals surface area contributed by atoms with Gasteiger partial charge in [0.15, 0.2) is 9.84 Å². The summed E-state index contributed by atoms with van der Waals surface area (Å²) >= 11 is 0. The van der Waals surface area contributed by atoms with E-state index in [0.29, 0.717) is 6.54 Å². The fourth-order valence-electron chi connectivity index (χ4n) is 2.38. The van der Waals surface area contributed by atoms with Crippen molar-refractivity contribution >= 4 is 15.5 Å². The Morgan fingerprint density at radius 2 is 2.25 bits per heavy atom. The highest BCUT2D eigenvalue weighted by Crippen LogP contribution is 2.20. The molecule has 20 heavy (non-hydrogen) atoms. The Morgan fingerprint density at radius 3 is 2.95 bits per heavy atom. The smallest absolute Gasteiger partial charge is 0.153 e. The number of rotatable bonds is 5. The van der Waals surface area contributed by atoms with Crippen LogP contribution in [0.3, 0.4) is 0 Å². The SMILES string of the molecule is COc1cccc(N(C)CCC2CS(=O)(=O)CCN2)c1. The number of nitrogens with one attached hydrogen (secondary N) is 1. The van der Waals surface area contributed by atoms with E-state index in [-0.39, 0.29) is 17.5 Å². The number of ether oxygens (including phenoxy) is 1. The van der Waals surface area contributed by atoms with E-state index in [0.717, 1.165) is 24.4 Å². The summed E-state index contributed by atoms with van der Waals surface area (Å²) in [6.07, 6.45) is 0.812. The molecule has 6 heteroatoms. The summed E-state index contributed by atoms with van der Waals surface area (Å²) in [5.41, 5.74) is 1.07.